The summed E-state index contributed by atoms with van der Waals surface area (Å²) in [7, 11) is 0. The molecule has 0 N–H and O–H groups in total. The van der Waals surface area contributed by atoms with Gasteiger partial charge in [-0.25, -0.2) is 4.98 Å². The average Bonchev–Trinajstić information content (AvgIpc) is 3.57. The molecule has 53 heavy (non-hydrogen) atoms. The van der Waals surface area contributed by atoms with E-state index in [9.17, 15) is 0 Å². The molecule has 0 fully saturated rings. The first-order valence-electron chi connectivity index (χ1n) is 18.1. The molecule has 4 nitrogen and oxygen atoms in total. The lowest BCUT2D eigenvalue weighted by Gasteiger charge is -2.28. The van der Waals surface area contributed by atoms with Gasteiger partial charge in [0, 0.05) is 35.4 Å². The molecule has 8 aromatic rings. The van der Waals surface area contributed by atoms with Gasteiger partial charge >= 0.3 is 0 Å². The van der Waals surface area contributed by atoms with Crippen LogP contribution in [0.2, 0.25) is 0 Å². The lowest BCUT2D eigenvalue weighted by Crippen LogP contribution is -2.11. The third-order valence-electron chi connectivity index (χ3n) is 10.5. The van der Waals surface area contributed by atoms with Crippen molar-refractivity contribution in [2.75, 3.05) is 4.90 Å². The fourth-order valence-corrected chi connectivity index (χ4v) is 8.03. The number of pyridine rings is 3. The van der Waals surface area contributed by atoms with Crippen molar-refractivity contribution in [1.82, 2.24) is 15.0 Å². The number of allylic oxidation sites excluding steroid dienone is 1. The van der Waals surface area contributed by atoms with Crippen LogP contribution < -0.4 is 4.90 Å². The molecule has 250 valence electrons. The van der Waals surface area contributed by atoms with Crippen LogP contribution in [0.25, 0.3) is 50.6 Å². The maximum Gasteiger partial charge on any atom is 0.0900 e. The first kappa shape index (κ1) is 30.9. The van der Waals surface area contributed by atoms with Gasteiger partial charge in [-0.2, -0.15) is 0 Å². The molecule has 1 atom stereocenters. The minimum atomic E-state index is 0.314. The Labute approximate surface area is 309 Å². The van der Waals surface area contributed by atoms with Crippen LogP contribution in [0.1, 0.15) is 34.6 Å². The van der Waals surface area contributed by atoms with Gasteiger partial charge in [-0.3, -0.25) is 9.97 Å². The molecular weight excluding hydrogens is 645 g/mol. The molecule has 10 rings (SSSR count). The number of anilines is 3. The van der Waals surface area contributed by atoms with E-state index in [0.717, 1.165) is 57.4 Å². The van der Waals surface area contributed by atoms with Gasteiger partial charge in [0.25, 0.3) is 0 Å². The summed E-state index contributed by atoms with van der Waals surface area (Å²) in [4.78, 5) is 16.5. The number of para-hydroxylation sites is 1. The van der Waals surface area contributed by atoms with E-state index in [1.54, 1.807) is 12.4 Å². The van der Waals surface area contributed by atoms with E-state index in [-0.39, 0.29) is 0 Å². The maximum absolute atomic E-state index is 4.96. The Morgan fingerprint density at radius 3 is 1.70 bits per heavy atom. The lowest BCUT2D eigenvalue weighted by molar-refractivity contribution is 0.817. The van der Waals surface area contributed by atoms with Gasteiger partial charge in [0.1, 0.15) is 0 Å². The Hall–Kier alpha value is -6.91. The molecular formula is C49H34N4. The van der Waals surface area contributed by atoms with Crippen molar-refractivity contribution in [3.8, 4) is 45.0 Å². The van der Waals surface area contributed by atoms with E-state index in [2.05, 4.69) is 154 Å². The van der Waals surface area contributed by atoms with Crippen molar-refractivity contribution < 1.29 is 0 Å². The summed E-state index contributed by atoms with van der Waals surface area (Å²) >= 11 is 0. The summed E-state index contributed by atoms with van der Waals surface area (Å²) in [5.41, 5.74) is 18.4. The molecule has 2 aliphatic rings. The number of hydrogen-bond donors (Lipinski definition) is 0. The Morgan fingerprint density at radius 2 is 1.04 bits per heavy atom. The van der Waals surface area contributed by atoms with Crippen LogP contribution in [0.3, 0.4) is 0 Å². The first-order valence-corrected chi connectivity index (χ1v) is 18.1. The predicted octanol–water partition coefficient (Wildman–Crippen LogP) is 12.3. The minimum absolute atomic E-state index is 0.314. The van der Waals surface area contributed by atoms with Crippen LogP contribution >= 0.6 is 0 Å². The van der Waals surface area contributed by atoms with Crippen molar-refractivity contribution in [3.63, 3.8) is 0 Å². The summed E-state index contributed by atoms with van der Waals surface area (Å²) < 4.78 is 0. The molecule has 3 aromatic heterocycles. The Morgan fingerprint density at radius 1 is 0.453 bits per heavy atom. The van der Waals surface area contributed by atoms with Crippen LogP contribution in [0.15, 0.2) is 188 Å². The molecule has 0 spiro atoms. The van der Waals surface area contributed by atoms with Crippen LogP contribution in [0.4, 0.5) is 17.1 Å². The van der Waals surface area contributed by atoms with Crippen LogP contribution in [0.5, 0.6) is 0 Å². The van der Waals surface area contributed by atoms with E-state index in [0.29, 0.717) is 5.92 Å². The summed E-state index contributed by atoms with van der Waals surface area (Å²) in [5, 5.41) is 0. The van der Waals surface area contributed by atoms with Gasteiger partial charge in [0.2, 0.25) is 0 Å². The molecule has 0 bridgehead atoms. The molecule has 1 unspecified atom stereocenters. The van der Waals surface area contributed by atoms with Crippen molar-refractivity contribution >= 4 is 22.6 Å². The van der Waals surface area contributed by atoms with Gasteiger partial charge in [-0.05, 0) is 129 Å². The Balaban J connectivity index is 0.996. The van der Waals surface area contributed by atoms with Crippen molar-refractivity contribution in [3.05, 3.63) is 211 Å². The zero-order valence-corrected chi connectivity index (χ0v) is 29.0. The van der Waals surface area contributed by atoms with Crippen LogP contribution in [0, 0.1) is 0 Å². The molecule has 0 radical (unpaired) electrons. The topological polar surface area (TPSA) is 41.9 Å². The normalized spacial score (nSPS) is 13.9. The second-order valence-corrected chi connectivity index (χ2v) is 13.6. The van der Waals surface area contributed by atoms with Gasteiger partial charge in [0.05, 0.1) is 22.8 Å². The van der Waals surface area contributed by atoms with E-state index < -0.39 is 0 Å². The fraction of sp³-hybridized carbons (Fsp3) is 0.0408. The standard InChI is InChI=1S/C49H34N4/c1-2-11-36(12-3-1)53(38-25-21-34(22-26-38)39-27-28-44-41-14-5-4-13-40(41)43-16-10-15-42(39)49(43)44)37-23-19-33(20-24-37)35-31-47(45-17-6-8-29-50-45)52-48(32-35)46-18-7-9-30-51-46/h1-26,28-32,39H,27H2. The summed E-state index contributed by atoms with van der Waals surface area (Å²) in [6.45, 7) is 0. The largest absolute Gasteiger partial charge is 0.311 e. The summed E-state index contributed by atoms with van der Waals surface area (Å²) in [5.74, 6) is 0.314. The Kier molecular flexibility index (Phi) is 7.58. The van der Waals surface area contributed by atoms with Crippen molar-refractivity contribution in [2.45, 2.75) is 12.3 Å². The highest BCUT2D eigenvalue weighted by Crippen LogP contribution is 2.52. The monoisotopic (exact) mass is 678 g/mol. The Bertz CT molecular complexity index is 2560. The number of fused-ring (bicyclic) bond motifs is 3. The third-order valence-corrected chi connectivity index (χ3v) is 10.5. The van der Waals surface area contributed by atoms with Crippen molar-refractivity contribution in [1.29, 1.82) is 0 Å². The number of benzene rings is 5. The molecule has 5 aromatic carbocycles. The maximum atomic E-state index is 4.96. The highest BCUT2D eigenvalue weighted by atomic mass is 15.1. The fourth-order valence-electron chi connectivity index (χ4n) is 8.03. The van der Waals surface area contributed by atoms with Gasteiger partial charge in [-0.15, -0.1) is 0 Å². The second-order valence-electron chi connectivity index (χ2n) is 13.6. The van der Waals surface area contributed by atoms with Gasteiger partial charge in [-0.1, -0.05) is 103 Å². The van der Waals surface area contributed by atoms with Crippen LogP contribution in [-0.4, -0.2) is 15.0 Å². The van der Waals surface area contributed by atoms with E-state index in [4.69, 9.17) is 4.98 Å². The van der Waals surface area contributed by atoms with Crippen molar-refractivity contribution in [2.24, 2.45) is 0 Å². The molecule has 0 amide bonds. The number of aromatic nitrogens is 3. The minimum Gasteiger partial charge on any atom is -0.311 e. The molecule has 0 aliphatic heterocycles. The number of nitrogens with zero attached hydrogens (tertiary/aromatic N) is 4. The predicted molar refractivity (Wildman–Crippen MR) is 216 cm³/mol. The third kappa shape index (κ3) is 5.53. The highest BCUT2D eigenvalue weighted by molar-refractivity contribution is 6.03. The quantitative estimate of drug-likeness (QED) is 0.168. The van der Waals surface area contributed by atoms with Gasteiger partial charge in [0.15, 0.2) is 0 Å². The van der Waals surface area contributed by atoms with E-state index in [1.807, 2.05) is 36.4 Å². The first-order chi connectivity index (χ1) is 26.3. The molecule has 2 aliphatic carbocycles. The molecule has 0 saturated heterocycles. The number of rotatable bonds is 7. The average molecular weight is 679 g/mol. The van der Waals surface area contributed by atoms with Crippen LogP contribution in [-0.2, 0) is 0 Å². The highest BCUT2D eigenvalue weighted by Gasteiger charge is 2.31. The second kappa shape index (κ2) is 13.0. The molecule has 3 heterocycles. The van der Waals surface area contributed by atoms with Gasteiger partial charge < -0.3 is 4.90 Å². The zero-order chi connectivity index (χ0) is 35.1. The lowest BCUT2D eigenvalue weighted by atomic mass is 9.79. The smallest absolute Gasteiger partial charge is 0.0900 e. The number of hydrogen-bond acceptors (Lipinski definition) is 4. The SMILES string of the molecule is C1=C2c3ccccc3-c3cccc(c32)C(c2ccc(N(c3ccccc3)c3ccc(-c4cc(-c5ccccn5)nc(-c5ccccn5)c4)cc3)cc2)C1. The summed E-state index contributed by atoms with van der Waals surface area (Å²) in [6, 6.07) is 60.3. The van der Waals surface area contributed by atoms with E-state index in [1.165, 1.54) is 39.0 Å². The zero-order valence-electron chi connectivity index (χ0n) is 29.0. The molecule has 4 heteroatoms. The van der Waals surface area contributed by atoms with E-state index >= 15 is 0 Å². The molecule has 0 saturated carbocycles. The summed E-state index contributed by atoms with van der Waals surface area (Å²) in [6.07, 6.45) is 7.05.